The van der Waals surface area contributed by atoms with Crippen molar-refractivity contribution in [1.29, 1.82) is 0 Å². The number of hydrogen-bond donors (Lipinski definition) is 1. The van der Waals surface area contributed by atoms with Crippen molar-refractivity contribution in [1.82, 2.24) is 9.97 Å². The van der Waals surface area contributed by atoms with Gasteiger partial charge in [-0.05, 0) is 17.7 Å². The molecule has 0 aliphatic heterocycles. The number of H-pyrrole nitrogens is 1. The molecule has 1 aromatic carbocycles. The minimum absolute atomic E-state index is 0.167. The molecule has 0 fully saturated rings. The highest BCUT2D eigenvalue weighted by Gasteiger charge is 2.11. The van der Waals surface area contributed by atoms with Gasteiger partial charge in [-0.25, -0.2) is 4.98 Å². The van der Waals surface area contributed by atoms with E-state index in [4.69, 9.17) is 4.74 Å². The van der Waals surface area contributed by atoms with Gasteiger partial charge in [0.15, 0.2) is 5.16 Å². The molecular weight excluding hydrogens is 310 g/mol. The van der Waals surface area contributed by atoms with Gasteiger partial charge in [-0.15, -0.1) is 0 Å². The van der Waals surface area contributed by atoms with E-state index in [2.05, 4.69) is 9.97 Å². The molecule has 0 saturated heterocycles. The third-order valence-electron chi connectivity index (χ3n) is 2.86. The molecule has 0 atom stereocenters. The molecule has 0 unspecified atom stereocenters. The van der Waals surface area contributed by atoms with Crippen LogP contribution >= 0.6 is 23.1 Å². The summed E-state index contributed by atoms with van der Waals surface area (Å²) in [5.74, 6) is 1.41. The molecule has 2 aromatic heterocycles. The molecule has 3 aromatic rings. The number of methoxy groups -OCH3 is 1. The van der Waals surface area contributed by atoms with Crippen molar-refractivity contribution >= 4 is 39.1 Å². The number of nitro groups is 1. The summed E-state index contributed by atoms with van der Waals surface area (Å²) in [5, 5.41) is 13.4. The van der Waals surface area contributed by atoms with Crippen molar-refractivity contribution in [2.75, 3.05) is 7.11 Å². The second kappa shape index (κ2) is 5.74. The normalized spacial score (nSPS) is 10.9. The number of hydrogen-bond acceptors (Lipinski definition) is 6. The number of nitrogens with zero attached hydrogens (tertiary/aromatic N) is 2. The van der Waals surface area contributed by atoms with Gasteiger partial charge in [0.2, 0.25) is 0 Å². The lowest BCUT2D eigenvalue weighted by atomic mass is 10.3. The van der Waals surface area contributed by atoms with E-state index in [1.165, 1.54) is 11.8 Å². The van der Waals surface area contributed by atoms with Crippen molar-refractivity contribution in [3.8, 4) is 5.75 Å². The molecule has 0 aliphatic rings. The largest absolute Gasteiger partial charge is 0.497 e. The lowest BCUT2D eigenvalue weighted by Crippen LogP contribution is -1.82. The molecule has 8 heteroatoms. The molecule has 108 valence electrons. The van der Waals surface area contributed by atoms with Crippen molar-refractivity contribution in [3.63, 3.8) is 0 Å². The van der Waals surface area contributed by atoms with Crippen LogP contribution in [0.2, 0.25) is 0 Å². The van der Waals surface area contributed by atoms with Crippen LogP contribution < -0.4 is 4.74 Å². The van der Waals surface area contributed by atoms with Crippen LogP contribution in [0.4, 0.5) is 5.00 Å². The predicted molar refractivity (Wildman–Crippen MR) is 83.2 cm³/mol. The fourth-order valence-electron chi connectivity index (χ4n) is 1.85. The van der Waals surface area contributed by atoms with Gasteiger partial charge >= 0.3 is 5.00 Å². The van der Waals surface area contributed by atoms with Gasteiger partial charge in [0.05, 0.1) is 23.1 Å². The fourth-order valence-corrected chi connectivity index (χ4v) is 3.50. The first-order chi connectivity index (χ1) is 10.2. The monoisotopic (exact) mass is 321 g/mol. The fraction of sp³-hybridized carbons (Fsp3) is 0.154. The van der Waals surface area contributed by atoms with Crippen LogP contribution in [0.15, 0.2) is 34.8 Å². The number of thiophene rings is 1. The average Bonchev–Trinajstić information content (AvgIpc) is 3.10. The van der Waals surface area contributed by atoms with E-state index in [-0.39, 0.29) is 9.92 Å². The Labute approximate surface area is 128 Å². The molecule has 0 amide bonds. The van der Waals surface area contributed by atoms with E-state index < -0.39 is 0 Å². The lowest BCUT2D eigenvalue weighted by molar-refractivity contribution is -0.380. The molecule has 21 heavy (non-hydrogen) atoms. The minimum atomic E-state index is -0.369. The topological polar surface area (TPSA) is 81.1 Å². The van der Waals surface area contributed by atoms with E-state index in [1.54, 1.807) is 18.6 Å². The van der Waals surface area contributed by atoms with E-state index >= 15 is 0 Å². The smallest absolute Gasteiger partial charge is 0.324 e. The number of ether oxygens (including phenoxy) is 1. The molecule has 0 radical (unpaired) electrons. The SMILES string of the molecule is COc1ccc2nc(SCc3csc([N+](=O)[O-])c3)[nH]c2c1. The third-order valence-corrected chi connectivity index (χ3v) is 4.74. The van der Waals surface area contributed by atoms with Crippen LogP contribution in [0.25, 0.3) is 11.0 Å². The van der Waals surface area contributed by atoms with Gasteiger partial charge in [0, 0.05) is 23.3 Å². The molecular formula is C13H11N3O3S2. The number of rotatable bonds is 5. The summed E-state index contributed by atoms with van der Waals surface area (Å²) >= 11 is 2.66. The summed E-state index contributed by atoms with van der Waals surface area (Å²) in [6.45, 7) is 0. The lowest BCUT2D eigenvalue weighted by Gasteiger charge is -1.96. The van der Waals surface area contributed by atoms with E-state index in [0.717, 1.165) is 38.8 Å². The minimum Gasteiger partial charge on any atom is -0.497 e. The van der Waals surface area contributed by atoms with Crippen molar-refractivity contribution < 1.29 is 9.66 Å². The molecule has 0 aliphatic carbocycles. The van der Waals surface area contributed by atoms with Crippen LogP contribution in [0.5, 0.6) is 5.75 Å². The Balaban J connectivity index is 1.73. The molecule has 6 nitrogen and oxygen atoms in total. The second-order valence-electron chi connectivity index (χ2n) is 4.26. The third kappa shape index (κ3) is 3.01. The quantitative estimate of drug-likeness (QED) is 0.439. The van der Waals surface area contributed by atoms with Gasteiger partial charge in [-0.2, -0.15) is 0 Å². The number of benzene rings is 1. The number of nitrogens with one attached hydrogen (secondary N) is 1. The summed E-state index contributed by atoms with van der Waals surface area (Å²) in [4.78, 5) is 18.0. The van der Waals surface area contributed by atoms with E-state index in [9.17, 15) is 10.1 Å². The van der Waals surface area contributed by atoms with Crippen LogP contribution in [0.3, 0.4) is 0 Å². The Kier molecular flexibility index (Phi) is 3.80. The maximum Gasteiger partial charge on any atom is 0.324 e. The highest BCUT2D eigenvalue weighted by Crippen LogP contribution is 2.29. The van der Waals surface area contributed by atoms with Crippen LogP contribution in [0, 0.1) is 10.1 Å². The Bertz CT molecular complexity index is 797. The van der Waals surface area contributed by atoms with Crippen LogP contribution in [-0.4, -0.2) is 22.0 Å². The number of imidazole rings is 1. The van der Waals surface area contributed by atoms with Crippen molar-refractivity contribution in [2.24, 2.45) is 0 Å². The molecule has 2 heterocycles. The summed E-state index contributed by atoms with van der Waals surface area (Å²) in [6.07, 6.45) is 0. The Morgan fingerprint density at radius 2 is 2.33 bits per heavy atom. The van der Waals surface area contributed by atoms with E-state index in [1.807, 2.05) is 18.2 Å². The average molecular weight is 321 g/mol. The Morgan fingerprint density at radius 3 is 3.05 bits per heavy atom. The van der Waals surface area contributed by atoms with Crippen LogP contribution in [0.1, 0.15) is 5.56 Å². The Morgan fingerprint density at radius 1 is 1.48 bits per heavy atom. The first kappa shape index (κ1) is 13.9. The number of fused-ring (bicyclic) bond motifs is 1. The maximum absolute atomic E-state index is 10.6. The summed E-state index contributed by atoms with van der Waals surface area (Å²) in [7, 11) is 1.62. The summed E-state index contributed by atoms with van der Waals surface area (Å²) < 4.78 is 5.17. The van der Waals surface area contributed by atoms with Crippen molar-refractivity contribution in [3.05, 3.63) is 45.3 Å². The van der Waals surface area contributed by atoms with Gasteiger partial charge < -0.3 is 9.72 Å². The number of aromatic amines is 1. The molecule has 0 spiro atoms. The molecule has 0 saturated carbocycles. The first-order valence-corrected chi connectivity index (χ1v) is 7.90. The van der Waals surface area contributed by atoms with Crippen molar-refractivity contribution in [2.45, 2.75) is 10.9 Å². The van der Waals surface area contributed by atoms with Gasteiger partial charge in [-0.3, -0.25) is 10.1 Å². The zero-order chi connectivity index (χ0) is 14.8. The first-order valence-electron chi connectivity index (χ1n) is 6.04. The highest BCUT2D eigenvalue weighted by molar-refractivity contribution is 7.98. The standard InChI is InChI=1S/C13H11N3O3S2/c1-19-9-2-3-10-11(5-9)15-13(14-10)21-7-8-4-12(16(17)18)20-6-8/h2-6H,7H2,1H3,(H,14,15). The summed E-state index contributed by atoms with van der Waals surface area (Å²) in [6, 6.07) is 7.25. The zero-order valence-corrected chi connectivity index (χ0v) is 12.7. The zero-order valence-electron chi connectivity index (χ0n) is 11.0. The highest BCUT2D eigenvalue weighted by atomic mass is 32.2. The number of aromatic nitrogens is 2. The van der Waals surface area contributed by atoms with Gasteiger partial charge in [0.1, 0.15) is 5.75 Å². The maximum atomic E-state index is 10.6. The predicted octanol–water partition coefficient (Wildman–Crippen LogP) is 3.83. The molecule has 3 rings (SSSR count). The van der Waals surface area contributed by atoms with E-state index in [0.29, 0.717) is 5.75 Å². The second-order valence-corrected chi connectivity index (χ2v) is 6.12. The molecule has 0 bridgehead atoms. The van der Waals surface area contributed by atoms with Gasteiger partial charge in [0.25, 0.3) is 0 Å². The number of thioether (sulfide) groups is 1. The Hall–Kier alpha value is -2.06. The summed E-state index contributed by atoms with van der Waals surface area (Å²) in [5.41, 5.74) is 2.71. The van der Waals surface area contributed by atoms with Crippen LogP contribution in [-0.2, 0) is 5.75 Å². The van der Waals surface area contributed by atoms with Gasteiger partial charge in [-0.1, -0.05) is 23.1 Å². The molecule has 1 N–H and O–H groups in total.